The van der Waals surface area contributed by atoms with Crippen molar-refractivity contribution in [2.45, 2.75) is 57.5 Å². The summed E-state index contributed by atoms with van der Waals surface area (Å²) in [6.07, 6.45) is 6.58. The van der Waals surface area contributed by atoms with Crippen molar-refractivity contribution in [2.75, 3.05) is 26.3 Å². The Labute approximate surface area is 106 Å². The topological polar surface area (TPSA) is 38.5 Å². The maximum atomic E-state index is 6.13. The van der Waals surface area contributed by atoms with Gasteiger partial charge in [0.05, 0.1) is 6.61 Å². The van der Waals surface area contributed by atoms with E-state index in [9.17, 15) is 0 Å². The van der Waals surface area contributed by atoms with Crippen molar-refractivity contribution in [3.8, 4) is 0 Å². The predicted octanol–water partition coefficient (Wildman–Crippen LogP) is 2.00. The van der Waals surface area contributed by atoms with Gasteiger partial charge in [0.1, 0.15) is 0 Å². The first-order valence-electron chi connectivity index (χ1n) is 7.23. The number of nitrogens with zero attached hydrogens (tertiary/aromatic N) is 1. The van der Waals surface area contributed by atoms with Gasteiger partial charge in [-0.05, 0) is 39.7 Å². The smallest absolute Gasteiger partial charge is 0.0513 e. The number of hydrogen-bond acceptors (Lipinski definition) is 3. The fourth-order valence-corrected chi connectivity index (χ4v) is 3.58. The summed E-state index contributed by atoms with van der Waals surface area (Å²) < 4.78 is 5.58. The molecule has 2 saturated heterocycles. The normalized spacial score (nSPS) is 35.5. The Morgan fingerprint density at radius 1 is 1.29 bits per heavy atom. The maximum Gasteiger partial charge on any atom is 0.0513 e. The Kier molecular flexibility index (Phi) is 4.45. The van der Waals surface area contributed by atoms with Crippen molar-refractivity contribution >= 4 is 0 Å². The Balaban J connectivity index is 2.13. The second-order valence-electron chi connectivity index (χ2n) is 6.01. The van der Waals surface area contributed by atoms with Gasteiger partial charge in [-0.25, -0.2) is 0 Å². The minimum Gasteiger partial charge on any atom is -0.381 e. The highest BCUT2D eigenvalue weighted by Gasteiger charge is 2.42. The molecule has 3 atom stereocenters. The molecule has 0 bridgehead atoms. The van der Waals surface area contributed by atoms with Gasteiger partial charge in [-0.2, -0.15) is 0 Å². The molecule has 0 aromatic carbocycles. The second-order valence-corrected chi connectivity index (χ2v) is 6.01. The molecule has 2 aliphatic rings. The van der Waals surface area contributed by atoms with Gasteiger partial charge in [0.2, 0.25) is 0 Å². The van der Waals surface area contributed by atoms with Crippen LogP contribution in [-0.4, -0.2) is 42.8 Å². The first kappa shape index (κ1) is 13.3. The number of likely N-dealkylation sites (tertiary alicyclic amines) is 1. The van der Waals surface area contributed by atoms with Crippen LogP contribution in [0, 0.1) is 5.92 Å². The van der Waals surface area contributed by atoms with Gasteiger partial charge in [-0.1, -0.05) is 12.8 Å². The van der Waals surface area contributed by atoms with Gasteiger partial charge in [0.15, 0.2) is 0 Å². The van der Waals surface area contributed by atoms with Crippen molar-refractivity contribution in [1.82, 2.24) is 4.90 Å². The quantitative estimate of drug-likeness (QED) is 0.820. The Morgan fingerprint density at radius 3 is 2.76 bits per heavy atom. The zero-order valence-corrected chi connectivity index (χ0v) is 11.5. The van der Waals surface area contributed by atoms with Crippen LogP contribution in [0.5, 0.6) is 0 Å². The summed E-state index contributed by atoms with van der Waals surface area (Å²) >= 11 is 0. The summed E-state index contributed by atoms with van der Waals surface area (Å²) in [6.45, 7) is 8.51. The minimum atomic E-state index is 0.139. The van der Waals surface area contributed by atoms with E-state index in [2.05, 4.69) is 18.7 Å². The van der Waals surface area contributed by atoms with E-state index < -0.39 is 0 Å². The molecule has 0 radical (unpaired) electrons. The van der Waals surface area contributed by atoms with Gasteiger partial charge in [0, 0.05) is 30.7 Å². The van der Waals surface area contributed by atoms with Crippen molar-refractivity contribution in [3.63, 3.8) is 0 Å². The van der Waals surface area contributed by atoms with Gasteiger partial charge in [-0.3, -0.25) is 4.90 Å². The van der Waals surface area contributed by atoms with E-state index >= 15 is 0 Å². The molecule has 2 N–H and O–H groups in total. The molecule has 3 heteroatoms. The third-order valence-electron chi connectivity index (χ3n) is 4.93. The second kappa shape index (κ2) is 5.68. The highest BCUT2D eigenvalue weighted by molar-refractivity contribution is 4.97. The summed E-state index contributed by atoms with van der Waals surface area (Å²) in [5.74, 6) is 0.619. The van der Waals surface area contributed by atoms with Crippen LogP contribution in [0.3, 0.4) is 0 Å². The third-order valence-corrected chi connectivity index (χ3v) is 4.93. The molecule has 0 aromatic heterocycles. The van der Waals surface area contributed by atoms with Crippen LogP contribution in [0.4, 0.5) is 0 Å². The lowest BCUT2D eigenvalue weighted by atomic mass is 9.82. The van der Waals surface area contributed by atoms with Crippen LogP contribution in [0.2, 0.25) is 0 Å². The van der Waals surface area contributed by atoms with Crippen LogP contribution in [0.1, 0.15) is 46.0 Å². The molecule has 0 spiro atoms. The van der Waals surface area contributed by atoms with E-state index in [1.807, 2.05) is 0 Å². The Bertz CT molecular complexity index is 240. The summed E-state index contributed by atoms with van der Waals surface area (Å²) in [4.78, 5) is 2.68. The van der Waals surface area contributed by atoms with Gasteiger partial charge in [-0.15, -0.1) is 0 Å². The van der Waals surface area contributed by atoms with Crippen LogP contribution in [-0.2, 0) is 4.74 Å². The summed E-state index contributed by atoms with van der Waals surface area (Å²) in [7, 11) is 0. The van der Waals surface area contributed by atoms with Gasteiger partial charge in [0.25, 0.3) is 0 Å². The lowest BCUT2D eigenvalue weighted by Crippen LogP contribution is -2.59. The molecular formula is C14H28N2O. The van der Waals surface area contributed by atoms with Crippen molar-refractivity contribution in [3.05, 3.63) is 0 Å². The molecule has 2 aliphatic heterocycles. The minimum absolute atomic E-state index is 0.139. The summed E-state index contributed by atoms with van der Waals surface area (Å²) in [6, 6.07) is 0.673. The zero-order chi connectivity index (χ0) is 12.3. The van der Waals surface area contributed by atoms with Crippen molar-refractivity contribution < 1.29 is 4.74 Å². The largest absolute Gasteiger partial charge is 0.381 e. The standard InChI is InChI=1S/C14H28N2O/c1-12-6-4-3-5-8-16(12)14(2,11-15)13-7-9-17-10-13/h12-13H,3-11,15H2,1-2H3. The first-order chi connectivity index (χ1) is 8.18. The lowest BCUT2D eigenvalue weighted by Gasteiger charge is -2.47. The van der Waals surface area contributed by atoms with E-state index in [1.54, 1.807) is 0 Å². The molecule has 2 rings (SSSR count). The number of ether oxygens (including phenoxy) is 1. The molecule has 2 heterocycles. The fourth-order valence-electron chi connectivity index (χ4n) is 3.58. The van der Waals surface area contributed by atoms with E-state index in [-0.39, 0.29) is 5.54 Å². The van der Waals surface area contributed by atoms with Crippen LogP contribution < -0.4 is 5.73 Å². The molecule has 17 heavy (non-hydrogen) atoms. The first-order valence-corrected chi connectivity index (χ1v) is 7.23. The zero-order valence-electron chi connectivity index (χ0n) is 11.5. The van der Waals surface area contributed by atoms with Crippen molar-refractivity contribution in [2.24, 2.45) is 11.7 Å². The Morgan fingerprint density at radius 2 is 2.12 bits per heavy atom. The third kappa shape index (κ3) is 2.67. The van der Waals surface area contributed by atoms with Gasteiger partial charge < -0.3 is 10.5 Å². The van der Waals surface area contributed by atoms with E-state index in [1.165, 1.54) is 38.6 Å². The highest BCUT2D eigenvalue weighted by Crippen LogP contribution is 2.34. The maximum absolute atomic E-state index is 6.13. The molecule has 0 aromatic rings. The number of hydrogen-bond donors (Lipinski definition) is 1. The number of rotatable bonds is 3. The molecule has 3 nitrogen and oxygen atoms in total. The summed E-state index contributed by atoms with van der Waals surface area (Å²) in [5.41, 5.74) is 6.27. The van der Waals surface area contributed by atoms with E-state index in [4.69, 9.17) is 10.5 Å². The molecule has 3 unspecified atom stereocenters. The van der Waals surface area contributed by atoms with E-state index in [0.717, 1.165) is 19.8 Å². The lowest BCUT2D eigenvalue weighted by molar-refractivity contribution is 0.0180. The molecule has 100 valence electrons. The fraction of sp³-hybridized carbons (Fsp3) is 1.00. The molecule has 0 aliphatic carbocycles. The molecule has 2 fully saturated rings. The van der Waals surface area contributed by atoms with E-state index in [0.29, 0.717) is 12.0 Å². The highest BCUT2D eigenvalue weighted by atomic mass is 16.5. The predicted molar refractivity (Wildman–Crippen MR) is 71.0 cm³/mol. The van der Waals surface area contributed by atoms with Crippen molar-refractivity contribution in [1.29, 1.82) is 0 Å². The SMILES string of the molecule is CC1CCCCCN1C(C)(CN)C1CCOC1. The molecule has 0 amide bonds. The van der Waals surface area contributed by atoms with Crippen LogP contribution in [0.15, 0.2) is 0 Å². The summed E-state index contributed by atoms with van der Waals surface area (Å²) in [5, 5.41) is 0. The van der Waals surface area contributed by atoms with Crippen LogP contribution >= 0.6 is 0 Å². The molecule has 0 saturated carbocycles. The van der Waals surface area contributed by atoms with Crippen LogP contribution in [0.25, 0.3) is 0 Å². The number of nitrogens with two attached hydrogens (primary N) is 1. The average molecular weight is 240 g/mol. The monoisotopic (exact) mass is 240 g/mol. The Hall–Kier alpha value is -0.120. The average Bonchev–Trinajstić information content (AvgIpc) is 2.79. The van der Waals surface area contributed by atoms with Gasteiger partial charge >= 0.3 is 0 Å². The molecular weight excluding hydrogens is 212 g/mol.